The molecule has 1 aromatic carbocycles. The van der Waals surface area contributed by atoms with Gasteiger partial charge in [0, 0.05) is 31.1 Å². The Kier molecular flexibility index (Phi) is 5.63. The molecule has 0 aliphatic carbocycles. The summed E-state index contributed by atoms with van der Waals surface area (Å²) in [5.74, 6) is 1.13. The van der Waals surface area contributed by atoms with Crippen LogP contribution >= 0.6 is 0 Å². The van der Waals surface area contributed by atoms with Crippen molar-refractivity contribution in [3.8, 4) is 11.6 Å². The number of carbonyl (C=O) groups excluding carboxylic acids is 1. The SMILES string of the molecule is COCC1(C(=O)Nc2cccc(Oc3ccccn3)c2)CCNCC1. The normalized spacial score (nSPS) is 16.2. The van der Waals surface area contributed by atoms with Gasteiger partial charge >= 0.3 is 0 Å². The first-order chi connectivity index (χ1) is 12.2. The van der Waals surface area contributed by atoms with E-state index in [0.29, 0.717) is 23.9 Å². The van der Waals surface area contributed by atoms with Crippen LogP contribution in [0.2, 0.25) is 0 Å². The summed E-state index contributed by atoms with van der Waals surface area (Å²) in [6.07, 6.45) is 3.19. The maximum absolute atomic E-state index is 12.9. The Labute approximate surface area is 147 Å². The molecule has 1 aliphatic heterocycles. The van der Waals surface area contributed by atoms with Crippen molar-refractivity contribution in [3.05, 3.63) is 48.7 Å². The van der Waals surface area contributed by atoms with Gasteiger partial charge in [-0.1, -0.05) is 12.1 Å². The van der Waals surface area contributed by atoms with Gasteiger partial charge in [-0.2, -0.15) is 0 Å². The number of aromatic nitrogens is 1. The summed E-state index contributed by atoms with van der Waals surface area (Å²) in [4.78, 5) is 17.0. The third-order valence-corrected chi connectivity index (χ3v) is 4.42. The number of hydrogen-bond acceptors (Lipinski definition) is 5. The van der Waals surface area contributed by atoms with Crippen molar-refractivity contribution < 1.29 is 14.3 Å². The summed E-state index contributed by atoms with van der Waals surface area (Å²) in [7, 11) is 1.64. The molecule has 0 spiro atoms. The van der Waals surface area contributed by atoms with Gasteiger partial charge in [-0.15, -0.1) is 0 Å². The highest BCUT2D eigenvalue weighted by atomic mass is 16.5. The van der Waals surface area contributed by atoms with E-state index in [4.69, 9.17) is 9.47 Å². The van der Waals surface area contributed by atoms with Gasteiger partial charge in [0.2, 0.25) is 11.8 Å². The molecule has 0 atom stereocenters. The Bertz CT molecular complexity index is 695. The van der Waals surface area contributed by atoms with Crippen LogP contribution in [0.1, 0.15) is 12.8 Å². The fraction of sp³-hybridized carbons (Fsp3) is 0.368. The van der Waals surface area contributed by atoms with Crippen LogP contribution in [0.25, 0.3) is 0 Å². The monoisotopic (exact) mass is 341 g/mol. The molecule has 3 rings (SSSR count). The van der Waals surface area contributed by atoms with E-state index in [1.807, 2.05) is 30.3 Å². The highest BCUT2D eigenvalue weighted by molar-refractivity contribution is 5.95. The Hall–Kier alpha value is -2.44. The number of carbonyl (C=O) groups is 1. The second kappa shape index (κ2) is 8.09. The van der Waals surface area contributed by atoms with Crippen LogP contribution in [0.15, 0.2) is 48.7 Å². The molecule has 0 bridgehead atoms. The highest BCUT2D eigenvalue weighted by Crippen LogP contribution is 2.31. The minimum atomic E-state index is -0.488. The zero-order valence-corrected chi connectivity index (χ0v) is 14.3. The average molecular weight is 341 g/mol. The van der Waals surface area contributed by atoms with Gasteiger partial charge in [0.15, 0.2) is 0 Å². The van der Waals surface area contributed by atoms with Crippen molar-refractivity contribution in [3.63, 3.8) is 0 Å². The van der Waals surface area contributed by atoms with Crippen molar-refractivity contribution in [1.29, 1.82) is 0 Å². The van der Waals surface area contributed by atoms with Gasteiger partial charge in [0.25, 0.3) is 0 Å². The molecule has 1 saturated heterocycles. The predicted octanol–water partition coefficient (Wildman–Crippen LogP) is 2.83. The first-order valence-corrected chi connectivity index (χ1v) is 8.42. The molecule has 6 heteroatoms. The molecule has 6 nitrogen and oxygen atoms in total. The van der Waals surface area contributed by atoms with E-state index < -0.39 is 5.41 Å². The quantitative estimate of drug-likeness (QED) is 0.845. The standard InChI is InChI=1S/C19H23N3O3/c1-24-14-19(8-11-20-12-9-19)18(23)22-15-5-4-6-16(13-15)25-17-7-2-3-10-21-17/h2-7,10,13,20H,8-9,11-12,14H2,1H3,(H,22,23). The number of ether oxygens (including phenoxy) is 2. The molecule has 1 aliphatic rings. The number of pyridine rings is 1. The average Bonchev–Trinajstić information content (AvgIpc) is 2.64. The van der Waals surface area contributed by atoms with Crippen LogP contribution in [0.5, 0.6) is 11.6 Å². The Morgan fingerprint density at radius 1 is 1.24 bits per heavy atom. The topological polar surface area (TPSA) is 72.5 Å². The lowest BCUT2D eigenvalue weighted by molar-refractivity contribution is -0.130. The fourth-order valence-electron chi connectivity index (χ4n) is 3.05. The first kappa shape index (κ1) is 17.4. The van der Waals surface area contributed by atoms with Gasteiger partial charge in [-0.25, -0.2) is 4.98 Å². The van der Waals surface area contributed by atoms with Gasteiger partial charge in [-0.05, 0) is 44.1 Å². The van der Waals surface area contributed by atoms with Crippen LogP contribution in [0.4, 0.5) is 5.69 Å². The summed E-state index contributed by atoms with van der Waals surface area (Å²) < 4.78 is 11.0. The lowest BCUT2D eigenvalue weighted by Crippen LogP contribution is -2.47. The van der Waals surface area contributed by atoms with Gasteiger partial charge in [0.1, 0.15) is 5.75 Å². The minimum Gasteiger partial charge on any atom is -0.439 e. The van der Waals surface area contributed by atoms with E-state index in [9.17, 15) is 4.79 Å². The molecule has 0 unspecified atom stereocenters. The van der Waals surface area contributed by atoms with E-state index in [1.54, 1.807) is 25.4 Å². The Morgan fingerprint density at radius 3 is 2.80 bits per heavy atom. The number of nitrogens with zero attached hydrogens (tertiary/aromatic N) is 1. The summed E-state index contributed by atoms with van der Waals surface area (Å²) in [6.45, 7) is 2.06. The van der Waals surface area contributed by atoms with Crippen LogP contribution in [-0.2, 0) is 9.53 Å². The maximum Gasteiger partial charge on any atom is 0.233 e. The lowest BCUT2D eigenvalue weighted by atomic mass is 9.78. The number of methoxy groups -OCH3 is 1. The molecule has 1 aromatic heterocycles. The Morgan fingerprint density at radius 2 is 2.08 bits per heavy atom. The summed E-state index contributed by atoms with van der Waals surface area (Å²) >= 11 is 0. The highest BCUT2D eigenvalue weighted by Gasteiger charge is 2.39. The third kappa shape index (κ3) is 4.35. The predicted molar refractivity (Wildman–Crippen MR) is 95.8 cm³/mol. The molecule has 1 amide bonds. The number of piperidine rings is 1. The zero-order valence-electron chi connectivity index (χ0n) is 14.3. The molecule has 1 fully saturated rings. The van der Waals surface area contributed by atoms with Crippen LogP contribution in [-0.4, -0.2) is 37.7 Å². The molecule has 0 saturated carbocycles. The summed E-state index contributed by atoms with van der Waals surface area (Å²) in [5, 5.41) is 6.31. The maximum atomic E-state index is 12.9. The zero-order chi connectivity index (χ0) is 17.5. The molecule has 2 N–H and O–H groups in total. The Balaban J connectivity index is 1.71. The number of amides is 1. The van der Waals surface area contributed by atoms with Crippen molar-refractivity contribution >= 4 is 11.6 Å². The second-order valence-corrected chi connectivity index (χ2v) is 6.22. The van der Waals surface area contributed by atoms with Crippen molar-refractivity contribution in [2.75, 3.05) is 32.1 Å². The molecule has 2 aromatic rings. The van der Waals surface area contributed by atoms with Crippen LogP contribution in [0, 0.1) is 5.41 Å². The summed E-state index contributed by atoms with van der Waals surface area (Å²) in [5.41, 5.74) is 0.213. The lowest BCUT2D eigenvalue weighted by Gasteiger charge is -2.35. The minimum absolute atomic E-state index is 0.00849. The largest absolute Gasteiger partial charge is 0.439 e. The molecular formula is C19H23N3O3. The van der Waals surface area contributed by atoms with Crippen molar-refractivity contribution in [1.82, 2.24) is 10.3 Å². The van der Waals surface area contributed by atoms with Gasteiger partial charge in [-0.3, -0.25) is 4.79 Å². The molecule has 2 heterocycles. The van der Waals surface area contributed by atoms with Crippen molar-refractivity contribution in [2.24, 2.45) is 5.41 Å². The second-order valence-electron chi connectivity index (χ2n) is 6.22. The van der Waals surface area contributed by atoms with Gasteiger partial charge in [0.05, 0.1) is 12.0 Å². The van der Waals surface area contributed by atoms with E-state index in [-0.39, 0.29) is 5.91 Å². The van der Waals surface area contributed by atoms with E-state index >= 15 is 0 Å². The number of anilines is 1. The van der Waals surface area contributed by atoms with Crippen LogP contribution in [0.3, 0.4) is 0 Å². The summed E-state index contributed by atoms with van der Waals surface area (Å²) in [6, 6.07) is 12.8. The molecule has 132 valence electrons. The third-order valence-electron chi connectivity index (χ3n) is 4.42. The smallest absolute Gasteiger partial charge is 0.233 e. The van der Waals surface area contributed by atoms with E-state index in [2.05, 4.69) is 15.6 Å². The molecule has 25 heavy (non-hydrogen) atoms. The number of benzene rings is 1. The first-order valence-electron chi connectivity index (χ1n) is 8.42. The van der Waals surface area contributed by atoms with E-state index in [0.717, 1.165) is 25.9 Å². The van der Waals surface area contributed by atoms with Crippen molar-refractivity contribution in [2.45, 2.75) is 12.8 Å². The molecular weight excluding hydrogens is 318 g/mol. The van der Waals surface area contributed by atoms with Crippen LogP contribution < -0.4 is 15.4 Å². The number of rotatable bonds is 6. The molecule has 0 radical (unpaired) electrons. The fourth-order valence-corrected chi connectivity index (χ4v) is 3.05. The van der Waals surface area contributed by atoms with E-state index in [1.165, 1.54) is 0 Å². The number of hydrogen-bond donors (Lipinski definition) is 2. The number of nitrogens with one attached hydrogen (secondary N) is 2. The van der Waals surface area contributed by atoms with Gasteiger partial charge < -0.3 is 20.1 Å².